The molecule has 1 atom stereocenters. The van der Waals surface area contributed by atoms with E-state index in [-0.39, 0.29) is 23.1 Å². The number of likely N-dealkylation sites (tertiary alicyclic amines) is 1. The molecular formula is C23H21F3N4O2. The zero-order valence-electron chi connectivity index (χ0n) is 17.3. The number of piperidine rings is 1. The molecule has 0 bridgehead atoms. The van der Waals surface area contributed by atoms with Crippen LogP contribution in [0, 0.1) is 0 Å². The van der Waals surface area contributed by atoms with E-state index in [0.29, 0.717) is 24.3 Å². The Kier molecular flexibility index (Phi) is 5.82. The molecule has 1 aliphatic heterocycles. The Morgan fingerprint density at radius 1 is 1.09 bits per heavy atom. The molecule has 1 aliphatic rings. The Balaban J connectivity index is 1.56. The Morgan fingerprint density at radius 3 is 2.62 bits per heavy atom. The van der Waals surface area contributed by atoms with Crippen LogP contribution in [-0.2, 0) is 13.2 Å². The van der Waals surface area contributed by atoms with Crippen molar-refractivity contribution >= 4 is 5.91 Å². The number of halogens is 3. The third kappa shape index (κ3) is 4.56. The number of aryl methyl sites for hydroxylation is 1. The minimum atomic E-state index is -4.42. The minimum absolute atomic E-state index is 0.0500. The number of nitrogens with zero attached hydrogens (tertiary/aromatic N) is 4. The Bertz CT molecular complexity index is 1210. The van der Waals surface area contributed by atoms with Crippen LogP contribution < -0.4 is 5.56 Å². The van der Waals surface area contributed by atoms with Crippen molar-refractivity contribution in [3.63, 3.8) is 0 Å². The zero-order chi connectivity index (χ0) is 22.9. The normalized spacial score (nSPS) is 16.8. The Labute approximate surface area is 182 Å². The molecule has 3 heterocycles. The second kappa shape index (κ2) is 8.57. The van der Waals surface area contributed by atoms with Gasteiger partial charge in [-0.25, -0.2) is 4.68 Å². The first kappa shape index (κ1) is 21.7. The highest BCUT2D eigenvalue weighted by atomic mass is 19.4. The maximum Gasteiger partial charge on any atom is 0.416 e. The molecule has 0 radical (unpaired) electrons. The summed E-state index contributed by atoms with van der Waals surface area (Å²) in [6.07, 6.45) is -2.85. The highest BCUT2D eigenvalue weighted by Crippen LogP contribution is 2.33. The van der Waals surface area contributed by atoms with E-state index in [0.717, 1.165) is 35.4 Å². The molecule has 1 unspecified atom stereocenters. The number of hydrogen-bond donors (Lipinski definition) is 0. The third-order valence-corrected chi connectivity index (χ3v) is 5.56. The number of carbonyl (C=O) groups excluding carboxylic acids is 1. The van der Waals surface area contributed by atoms with E-state index in [1.807, 2.05) is 6.07 Å². The lowest BCUT2D eigenvalue weighted by Crippen LogP contribution is -2.40. The van der Waals surface area contributed by atoms with Crippen molar-refractivity contribution in [3.8, 4) is 11.3 Å². The average Bonchev–Trinajstić information content (AvgIpc) is 2.80. The Morgan fingerprint density at radius 2 is 1.88 bits per heavy atom. The molecule has 1 saturated heterocycles. The van der Waals surface area contributed by atoms with E-state index in [4.69, 9.17) is 0 Å². The van der Waals surface area contributed by atoms with Gasteiger partial charge in [-0.15, -0.1) is 0 Å². The van der Waals surface area contributed by atoms with Crippen LogP contribution in [0.25, 0.3) is 11.3 Å². The van der Waals surface area contributed by atoms with Crippen molar-refractivity contribution in [2.45, 2.75) is 24.9 Å². The number of carbonyl (C=O) groups is 1. The molecule has 0 aliphatic carbocycles. The topological polar surface area (TPSA) is 68.1 Å². The lowest BCUT2D eigenvalue weighted by Gasteiger charge is -2.32. The van der Waals surface area contributed by atoms with E-state index >= 15 is 0 Å². The Hall–Kier alpha value is -3.49. The van der Waals surface area contributed by atoms with Gasteiger partial charge in [0.05, 0.1) is 11.3 Å². The maximum atomic E-state index is 13.1. The molecule has 4 rings (SSSR count). The van der Waals surface area contributed by atoms with Crippen molar-refractivity contribution in [3.05, 3.63) is 81.9 Å². The lowest BCUT2D eigenvalue weighted by molar-refractivity contribution is -0.137. The average molecular weight is 442 g/mol. The van der Waals surface area contributed by atoms with Crippen molar-refractivity contribution in [2.75, 3.05) is 13.1 Å². The van der Waals surface area contributed by atoms with Gasteiger partial charge in [0.25, 0.3) is 11.5 Å². The second-order valence-corrected chi connectivity index (χ2v) is 7.80. The first-order valence-corrected chi connectivity index (χ1v) is 10.2. The van der Waals surface area contributed by atoms with Crippen LogP contribution in [-0.4, -0.2) is 38.7 Å². The van der Waals surface area contributed by atoms with Gasteiger partial charge in [-0.05, 0) is 43.2 Å². The van der Waals surface area contributed by atoms with Gasteiger partial charge in [0, 0.05) is 43.4 Å². The zero-order valence-corrected chi connectivity index (χ0v) is 17.3. The van der Waals surface area contributed by atoms with Gasteiger partial charge in [0.2, 0.25) is 0 Å². The van der Waals surface area contributed by atoms with Crippen molar-refractivity contribution in [1.82, 2.24) is 19.7 Å². The summed E-state index contributed by atoms with van der Waals surface area (Å²) in [4.78, 5) is 30.7. The van der Waals surface area contributed by atoms with Crippen molar-refractivity contribution in [1.29, 1.82) is 0 Å². The first-order chi connectivity index (χ1) is 15.2. The van der Waals surface area contributed by atoms with Crippen LogP contribution in [0.5, 0.6) is 0 Å². The van der Waals surface area contributed by atoms with E-state index in [1.54, 1.807) is 23.1 Å². The quantitative estimate of drug-likeness (QED) is 0.618. The SMILES string of the molecule is Cn1nc(C(=O)N2CCCC(c3cccc(-c4cccc(C(F)(F)F)c4)n3)C2)ccc1=O. The number of amides is 1. The molecule has 2 aromatic heterocycles. The summed E-state index contributed by atoms with van der Waals surface area (Å²) >= 11 is 0. The largest absolute Gasteiger partial charge is 0.416 e. The van der Waals surface area contributed by atoms with Gasteiger partial charge in [-0.1, -0.05) is 18.2 Å². The second-order valence-electron chi connectivity index (χ2n) is 7.80. The molecule has 9 heteroatoms. The number of aromatic nitrogens is 3. The standard InChI is InChI=1S/C23H21F3N4O2/c1-29-21(31)11-10-20(28-29)22(32)30-12-4-6-16(14-30)19-9-3-8-18(27-19)15-5-2-7-17(13-15)23(24,25)26/h2-3,5,7-11,13,16H,4,6,12,14H2,1H3. The monoisotopic (exact) mass is 442 g/mol. The fourth-order valence-electron chi connectivity index (χ4n) is 3.88. The predicted molar refractivity (Wildman–Crippen MR) is 112 cm³/mol. The van der Waals surface area contributed by atoms with Crippen LogP contribution in [0.1, 0.15) is 40.5 Å². The highest BCUT2D eigenvalue weighted by molar-refractivity contribution is 5.92. The van der Waals surface area contributed by atoms with Gasteiger partial charge in [0.15, 0.2) is 0 Å². The molecule has 1 aromatic carbocycles. The summed E-state index contributed by atoms with van der Waals surface area (Å²) in [7, 11) is 1.49. The number of rotatable bonds is 3. The molecule has 32 heavy (non-hydrogen) atoms. The van der Waals surface area contributed by atoms with Crippen LogP contribution >= 0.6 is 0 Å². The van der Waals surface area contributed by atoms with Crippen LogP contribution in [0.3, 0.4) is 0 Å². The highest BCUT2D eigenvalue weighted by Gasteiger charge is 2.31. The molecular weight excluding hydrogens is 421 g/mol. The van der Waals surface area contributed by atoms with Crippen LogP contribution in [0.4, 0.5) is 13.2 Å². The number of hydrogen-bond acceptors (Lipinski definition) is 4. The molecule has 0 spiro atoms. The van der Waals surface area contributed by atoms with Gasteiger partial charge >= 0.3 is 6.18 Å². The van der Waals surface area contributed by atoms with Gasteiger partial charge in [-0.2, -0.15) is 18.3 Å². The van der Waals surface area contributed by atoms with Gasteiger partial charge in [0.1, 0.15) is 5.69 Å². The molecule has 1 fully saturated rings. The van der Waals surface area contributed by atoms with Crippen LogP contribution in [0.15, 0.2) is 59.4 Å². The first-order valence-electron chi connectivity index (χ1n) is 10.2. The van der Waals surface area contributed by atoms with Gasteiger partial charge in [-0.3, -0.25) is 14.6 Å². The van der Waals surface area contributed by atoms with Gasteiger partial charge < -0.3 is 4.90 Å². The summed E-state index contributed by atoms with van der Waals surface area (Å²) in [5.74, 6) is -0.315. The number of alkyl halides is 3. The minimum Gasteiger partial charge on any atom is -0.337 e. The van der Waals surface area contributed by atoms with E-state index in [1.165, 1.54) is 25.2 Å². The van der Waals surface area contributed by atoms with E-state index in [2.05, 4.69) is 10.1 Å². The summed E-state index contributed by atoms with van der Waals surface area (Å²) in [5.41, 5.74) is 0.746. The van der Waals surface area contributed by atoms with E-state index in [9.17, 15) is 22.8 Å². The fourth-order valence-corrected chi connectivity index (χ4v) is 3.88. The van der Waals surface area contributed by atoms with E-state index < -0.39 is 11.7 Å². The maximum absolute atomic E-state index is 13.1. The number of pyridine rings is 1. The fraction of sp³-hybridized carbons (Fsp3) is 0.304. The number of benzene rings is 1. The molecule has 166 valence electrons. The molecule has 1 amide bonds. The third-order valence-electron chi connectivity index (χ3n) is 5.56. The van der Waals surface area contributed by atoms with Crippen LogP contribution in [0.2, 0.25) is 0 Å². The molecule has 0 N–H and O–H groups in total. The summed E-state index contributed by atoms with van der Waals surface area (Å²) in [6.45, 7) is 0.982. The lowest BCUT2D eigenvalue weighted by atomic mass is 9.93. The van der Waals surface area contributed by atoms with Crippen molar-refractivity contribution < 1.29 is 18.0 Å². The van der Waals surface area contributed by atoms with Crippen molar-refractivity contribution in [2.24, 2.45) is 7.05 Å². The summed E-state index contributed by atoms with van der Waals surface area (Å²) in [5, 5.41) is 4.03. The summed E-state index contributed by atoms with van der Waals surface area (Å²) in [6, 6.07) is 13.1. The molecule has 0 saturated carbocycles. The summed E-state index contributed by atoms with van der Waals surface area (Å²) < 4.78 is 40.4. The smallest absolute Gasteiger partial charge is 0.337 e. The molecule has 3 aromatic rings. The predicted octanol–water partition coefficient (Wildman–Crippen LogP) is 3.88. The molecule has 6 nitrogen and oxygen atoms in total.